The number of benzene rings is 1. The minimum atomic E-state index is -1.36. The molecule has 2 rings (SSSR count). The van der Waals surface area contributed by atoms with E-state index < -0.39 is 77.6 Å². The molecule has 10 N–H and O–H groups in total. The Morgan fingerprint density at radius 3 is 2.11 bits per heavy atom. The first kappa shape index (κ1) is 36.5. The number of rotatable bonds is 17. The first-order valence-electron chi connectivity index (χ1n) is 14.6. The van der Waals surface area contributed by atoms with Crippen molar-refractivity contribution in [3.05, 3.63) is 29.8 Å². The molecule has 5 unspecified atom stereocenters. The molecule has 1 heterocycles. The molecule has 1 aliphatic rings. The third kappa shape index (κ3) is 11.4. The van der Waals surface area contributed by atoms with Gasteiger partial charge >= 0.3 is 11.9 Å². The number of likely N-dealkylation sites (tertiary alicyclic amines) is 1. The maximum absolute atomic E-state index is 13.4. The molecule has 5 amide bonds. The Morgan fingerprint density at radius 2 is 1.56 bits per heavy atom. The van der Waals surface area contributed by atoms with Crippen LogP contribution in [-0.2, 0) is 40.0 Å². The lowest BCUT2D eigenvalue weighted by molar-refractivity contribution is -0.142. The van der Waals surface area contributed by atoms with Gasteiger partial charge in [0.05, 0.1) is 6.04 Å². The molecule has 0 saturated carbocycles. The highest BCUT2D eigenvalue weighted by molar-refractivity contribution is 5.96. The minimum Gasteiger partial charge on any atom is -0.508 e. The molecule has 0 aliphatic carbocycles. The standard InChI is InChI=1S/C29H42N6O10/c1-15(2)24(27(42)33-20(29(44)45)14-16-5-7-17(36)8-6-16)34-25(40)19(10-11-22(31)37)32-26(41)21-4-3-13-35(21)28(43)18(30)9-12-23(38)39/h5-8,15,18-21,24,36H,3-4,9-14,30H2,1-2H3,(H2,31,37)(H,32,41)(H,33,42)(H,34,40)(H,38,39)(H,44,45). The van der Waals surface area contributed by atoms with Crippen molar-refractivity contribution in [2.24, 2.45) is 17.4 Å². The first-order chi connectivity index (χ1) is 21.1. The molecule has 16 nitrogen and oxygen atoms in total. The maximum Gasteiger partial charge on any atom is 0.326 e. The van der Waals surface area contributed by atoms with Crippen LogP contribution in [0, 0.1) is 5.92 Å². The predicted molar refractivity (Wildman–Crippen MR) is 158 cm³/mol. The zero-order valence-corrected chi connectivity index (χ0v) is 25.2. The Morgan fingerprint density at radius 1 is 0.911 bits per heavy atom. The average molecular weight is 635 g/mol. The van der Waals surface area contributed by atoms with Crippen LogP contribution in [0.2, 0.25) is 0 Å². The lowest BCUT2D eigenvalue weighted by Crippen LogP contribution is -2.59. The van der Waals surface area contributed by atoms with Gasteiger partial charge in [0.2, 0.25) is 29.5 Å². The number of aliphatic carboxylic acids is 2. The molecule has 0 aromatic heterocycles. The number of phenols is 1. The second-order valence-corrected chi connectivity index (χ2v) is 11.3. The van der Waals surface area contributed by atoms with Crippen LogP contribution < -0.4 is 27.4 Å². The van der Waals surface area contributed by atoms with Crippen LogP contribution in [0.3, 0.4) is 0 Å². The number of carbonyl (C=O) groups is 7. The number of nitrogens with two attached hydrogens (primary N) is 2. The maximum atomic E-state index is 13.4. The van der Waals surface area contributed by atoms with Crippen molar-refractivity contribution in [2.45, 2.75) is 89.0 Å². The van der Waals surface area contributed by atoms with Gasteiger partial charge in [-0.25, -0.2) is 4.79 Å². The number of carboxylic acids is 2. The van der Waals surface area contributed by atoms with E-state index in [4.69, 9.17) is 16.6 Å². The molecule has 1 fully saturated rings. The Bertz CT molecular complexity index is 1250. The van der Waals surface area contributed by atoms with E-state index in [2.05, 4.69) is 16.0 Å². The van der Waals surface area contributed by atoms with E-state index in [9.17, 15) is 43.8 Å². The van der Waals surface area contributed by atoms with E-state index in [0.717, 1.165) is 0 Å². The van der Waals surface area contributed by atoms with E-state index in [1.165, 1.54) is 29.2 Å². The molecule has 16 heteroatoms. The molecule has 0 radical (unpaired) electrons. The number of hydrogen-bond donors (Lipinski definition) is 8. The number of amides is 5. The summed E-state index contributed by atoms with van der Waals surface area (Å²) in [4.78, 5) is 88.2. The van der Waals surface area contributed by atoms with Gasteiger partial charge < -0.3 is 47.6 Å². The number of nitrogens with zero attached hydrogens (tertiary/aromatic N) is 1. The van der Waals surface area contributed by atoms with Crippen LogP contribution in [0.1, 0.15) is 57.9 Å². The summed E-state index contributed by atoms with van der Waals surface area (Å²) >= 11 is 0. The highest BCUT2D eigenvalue weighted by atomic mass is 16.4. The molecule has 1 aromatic carbocycles. The largest absolute Gasteiger partial charge is 0.508 e. The highest BCUT2D eigenvalue weighted by Gasteiger charge is 2.38. The summed E-state index contributed by atoms with van der Waals surface area (Å²) in [6.45, 7) is 3.43. The third-order valence-electron chi connectivity index (χ3n) is 7.37. The molecule has 248 valence electrons. The Hall–Kier alpha value is -4.73. The van der Waals surface area contributed by atoms with Crippen molar-refractivity contribution in [3.8, 4) is 5.75 Å². The van der Waals surface area contributed by atoms with Crippen molar-refractivity contribution in [1.82, 2.24) is 20.9 Å². The minimum absolute atomic E-state index is 0.0122. The Kier molecular flexibility index (Phi) is 13.7. The quantitative estimate of drug-likeness (QED) is 0.0984. The molecular formula is C29H42N6O10. The van der Waals surface area contributed by atoms with Crippen LogP contribution in [0.4, 0.5) is 0 Å². The van der Waals surface area contributed by atoms with Crippen LogP contribution in [0.25, 0.3) is 0 Å². The van der Waals surface area contributed by atoms with Crippen molar-refractivity contribution in [3.63, 3.8) is 0 Å². The second kappa shape index (κ2) is 16.9. The van der Waals surface area contributed by atoms with E-state index in [1.807, 2.05) is 0 Å². The lowest BCUT2D eigenvalue weighted by atomic mass is 10.00. The van der Waals surface area contributed by atoms with Gasteiger partial charge in [-0.05, 0) is 49.3 Å². The monoisotopic (exact) mass is 634 g/mol. The summed E-state index contributed by atoms with van der Waals surface area (Å²) in [5, 5.41) is 35.5. The number of nitrogens with one attached hydrogen (secondary N) is 3. The fourth-order valence-corrected chi connectivity index (χ4v) is 4.86. The van der Waals surface area contributed by atoms with Gasteiger partial charge in [0, 0.05) is 25.8 Å². The molecular weight excluding hydrogens is 592 g/mol. The number of aromatic hydroxyl groups is 1. The fraction of sp³-hybridized carbons (Fsp3) is 0.552. The van der Waals surface area contributed by atoms with Crippen molar-refractivity contribution >= 4 is 41.5 Å². The third-order valence-corrected chi connectivity index (χ3v) is 7.37. The zero-order chi connectivity index (χ0) is 33.8. The average Bonchev–Trinajstić information content (AvgIpc) is 3.46. The van der Waals surface area contributed by atoms with Gasteiger partial charge in [0.15, 0.2) is 0 Å². The molecule has 1 aromatic rings. The summed E-state index contributed by atoms with van der Waals surface area (Å²) in [6, 6.07) is -0.311. The van der Waals surface area contributed by atoms with E-state index in [1.54, 1.807) is 13.8 Å². The lowest BCUT2D eigenvalue weighted by Gasteiger charge is -2.29. The molecule has 1 saturated heterocycles. The van der Waals surface area contributed by atoms with Crippen LogP contribution in [-0.4, -0.2) is 98.4 Å². The first-order valence-corrected chi connectivity index (χ1v) is 14.6. The number of carboxylic acid groups (broad SMARTS) is 2. The summed E-state index contributed by atoms with van der Waals surface area (Å²) in [7, 11) is 0. The van der Waals surface area contributed by atoms with E-state index in [0.29, 0.717) is 12.0 Å². The summed E-state index contributed by atoms with van der Waals surface area (Å²) in [6.07, 6.45) is -0.372. The second-order valence-electron chi connectivity index (χ2n) is 11.3. The van der Waals surface area contributed by atoms with Crippen molar-refractivity contribution in [2.75, 3.05) is 6.54 Å². The van der Waals surface area contributed by atoms with Crippen LogP contribution >= 0.6 is 0 Å². The topological polar surface area (TPSA) is 272 Å². The van der Waals surface area contributed by atoms with Gasteiger partial charge in [0.1, 0.15) is 29.9 Å². The summed E-state index contributed by atoms with van der Waals surface area (Å²) in [5.41, 5.74) is 11.7. The van der Waals surface area contributed by atoms with Crippen molar-refractivity contribution < 1.29 is 48.9 Å². The van der Waals surface area contributed by atoms with Gasteiger partial charge in [-0.3, -0.25) is 28.8 Å². The molecule has 1 aliphatic heterocycles. The highest BCUT2D eigenvalue weighted by Crippen LogP contribution is 2.20. The number of primary amides is 1. The molecule has 45 heavy (non-hydrogen) atoms. The normalized spacial score (nSPS) is 17.1. The van der Waals surface area contributed by atoms with Gasteiger partial charge in [0.25, 0.3) is 0 Å². The van der Waals surface area contributed by atoms with Crippen LogP contribution in [0.15, 0.2) is 24.3 Å². The summed E-state index contributed by atoms with van der Waals surface area (Å²) < 4.78 is 0. The van der Waals surface area contributed by atoms with Gasteiger partial charge in [-0.1, -0.05) is 26.0 Å². The predicted octanol–water partition coefficient (Wildman–Crippen LogP) is -1.42. The Labute approximate surface area is 259 Å². The molecule has 0 bridgehead atoms. The molecule has 5 atom stereocenters. The SMILES string of the molecule is CC(C)C(NC(=O)C(CCC(N)=O)NC(=O)C1CCCN1C(=O)C(N)CCC(=O)O)C(=O)NC(Cc1ccc(O)cc1)C(=O)O. The number of carbonyl (C=O) groups excluding carboxylic acids is 5. The smallest absolute Gasteiger partial charge is 0.326 e. The zero-order valence-electron chi connectivity index (χ0n) is 25.2. The van der Waals surface area contributed by atoms with Crippen molar-refractivity contribution in [1.29, 1.82) is 0 Å². The van der Waals surface area contributed by atoms with E-state index >= 15 is 0 Å². The molecule has 0 spiro atoms. The van der Waals surface area contributed by atoms with E-state index in [-0.39, 0.29) is 50.8 Å². The number of hydrogen-bond acceptors (Lipinski definition) is 9. The Balaban J connectivity index is 2.16. The van der Waals surface area contributed by atoms with Gasteiger partial charge in [-0.2, -0.15) is 0 Å². The fourth-order valence-electron chi connectivity index (χ4n) is 4.86. The van der Waals surface area contributed by atoms with Gasteiger partial charge in [-0.15, -0.1) is 0 Å². The number of phenolic OH excluding ortho intramolecular Hbond substituents is 1. The summed E-state index contributed by atoms with van der Waals surface area (Å²) in [5.74, 6) is -6.69. The van der Waals surface area contributed by atoms with Crippen LogP contribution in [0.5, 0.6) is 5.75 Å².